The molecule has 1 amide bonds. The van der Waals surface area contributed by atoms with Crippen molar-refractivity contribution in [2.24, 2.45) is 5.10 Å². The Labute approximate surface area is 159 Å². The number of hydrogen-bond donors (Lipinski definition) is 1. The Morgan fingerprint density at radius 2 is 1.86 bits per heavy atom. The number of fused-ring (bicyclic) bond motifs is 2. The first-order valence-electron chi connectivity index (χ1n) is 8.50. The van der Waals surface area contributed by atoms with Crippen LogP contribution in [0.15, 0.2) is 65.8 Å². The Kier molecular flexibility index (Phi) is 4.59. The monoisotopic (exact) mass is 377 g/mol. The number of hydrazone groups is 1. The normalized spacial score (nSPS) is 15.5. The molecule has 1 unspecified atom stereocenters. The van der Waals surface area contributed by atoms with Crippen LogP contribution in [0.2, 0.25) is 0 Å². The molecular weight excluding hydrogens is 362 g/mol. The maximum atomic E-state index is 12.3. The van der Waals surface area contributed by atoms with E-state index in [-0.39, 0.29) is 12.3 Å². The maximum Gasteiger partial charge on any atom is 0.284 e. The van der Waals surface area contributed by atoms with Gasteiger partial charge in [0.2, 0.25) is 6.10 Å². The zero-order valence-corrected chi connectivity index (χ0v) is 14.6. The molecule has 1 aliphatic heterocycles. The van der Waals surface area contributed by atoms with Crippen LogP contribution in [0.25, 0.3) is 10.8 Å². The topological polar surface area (TPSA) is 103 Å². The molecule has 8 heteroatoms. The summed E-state index contributed by atoms with van der Waals surface area (Å²) in [5, 5.41) is 16.6. The first-order chi connectivity index (χ1) is 13.6. The van der Waals surface area contributed by atoms with Gasteiger partial charge >= 0.3 is 0 Å². The minimum atomic E-state index is -0.851. The summed E-state index contributed by atoms with van der Waals surface area (Å²) >= 11 is 0. The lowest BCUT2D eigenvalue weighted by Crippen LogP contribution is -2.42. The lowest BCUT2D eigenvalue weighted by atomic mass is 10.1. The number of ether oxygens (including phenoxy) is 2. The van der Waals surface area contributed by atoms with Crippen molar-refractivity contribution in [2.75, 3.05) is 6.61 Å². The van der Waals surface area contributed by atoms with Gasteiger partial charge in [0.1, 0.15) is 6.61 Å². The molecule has 0 bridgehead atoms. The number of carbonyl (C=O) groups is 1. The van der Waals surface area contributed by atoms with E-state index in [1.807, 2.05) is 36.4 Å². The van der Waals surface area contributed by atoms with Gasteiger partial charge in [-0.1, -0.05) is 36.4 Å². The van der Waals surface area contributed by atoms with Gasteiger partial charge in [-0.3, -0.25) is 14.9 Å². The van der Waals surface area contributed by atoms with Gasteiger partial charge in [-0.15, -0.1) is 0 Å². The average molecular weight is 377 g/mol. The highest BCUT2D eigenvalue weighted by molar-refractivity contribution is 5.88. The van der Waals surface area contributed by atoms with Crippen molar-refractivity contribution in [1.82, 2.24) is 5.43 Å². The molecule has 140 valence electrons. The minimum Gasteiger partial charge on any atom is -0.485 e. The number of nitro benzene ring substituents is 1. The van der Waals surface area contributed by atoms with Crippen LogP contribution in [0.3, 0.4) is 0 Å². The molecule has 3 aromatic carbocycles. The van der Waals surface area contributed by atoms with Gasteiger partial charge in [-0.2, -0.15) is 5.10 Å². The predicted molar refractivity (Wildman–Crippen MR) is 103 cm³/mol. The van der Waals surface area contributed by atoms with Gasteiger partial charge in [0, 0.05) is 17.7 Å². The predicted octanol–water partition coefficient (Wildman–Crippen LogP) is 3.04. The number of hydrogen-bond acceptors (Lipinski definition) is 6. The smallest absolute Gasteiger partial charge is 0.284 e. The van der Waals surface area contributed by atoms with Gasteiger partial charge in [0.05, 0.1) is 11.1 Å². The Bertz CT molecular complexity index is 1100. The second kappa shape index (κ2) is 7.36. The van der Waals surface area contributed by atoms with E-state index < -0.39 is 16.9 Å². The van der Waals surface area contributed by atoms with Crippen LogP contribution in [-0.2, 0) is 4.79 Å². The largest absolute Gasteiger partial charge is 0.485 e. The molecule has 0 aliphatic carbocycles. The van der Waals surface area contributed by atoms with Crippen LogP contribution < -0.4 is 14.9 Å². The molecular formula is C20H15N3O5. The standard InChI is InChI=1S/C20H15N3O5/c24-20(22-21-11-13-4-3-7-16(8-13)23(25)26)19-12-27-17-9-14-5-1-2-6-15(14)10-18(17)28-19/h1-11,19H,12H2,(H,22,24)/b21-11+. The fraction of sp³-hybridized carbons (Fsp3) is 0.100. The molecule has 1 N–H and O–H groups in total. The number of nitrogens with one attached hydrogen (secondary N) is 1. The summed E-state index contributed by atoms with van der Waals surface area (Å²) in [5.74, 6) is 0.607. The third-order valence-electron chi connectivity index (χ3n) is 4.23. The number of non-ortho nitro benzene ring substituents is 1. The Morgan fingerprint density at radius 3 is 2.61 bits per heavy atom. The van der Waals surface area contributed by atoms with E-state index in [1.54, 1.807) is 12.1 Å². The Morgan fingerprint density at radius 1 is 1.11 bits per heavy atom. The summed E-state index contributed by atoms with van der Waals surface area (Å²) in [7, 11) is 0. The molecule has 4 rings (SSSR count). The van der Waals surface area contributed by atoms with Crippen LogP contribution >= 0.6 is 0 Å². The molecule has 0 radical (unpaired) electrons. The molecule has 1 heterocycles. The van der Waals surface area contributed by atoms with Gasteiger partial charge in [-0.25, -0.2) is 5.43 Å². The second-order valence-corrected chi connectivity index (χ2v) is 6.15. The third-order valence-corrected chi connectivity index (χ3v) is 4.23. The summed E-state index contributed by atoms with van der Waals surface area (Å²) in [4.78, 5) is 22.6. The summed E-state index contributed by atoms with van der Waals surface area (Å²) in [6.07, 6.45) is 0.478. The quantitative estimate of drug-likeness (QED) is 0.428. The SMILES string of the molecule is O=C(N/N=C/c1cccc([N+](=O)[O-])c1)C1COc2cc3ccccc3cc2O1. The fourth-order valence-electron chi connectivity index (χ4n) is 2.85. The molecule has 1 aliphatic rings. The van der Waals surface area contributed by atoms with E-state index in [0.29, 0.717) is 17.1 Å². The van der Waals surface area contributed by atoms with Gasteiger partial charge in [0.25, 0.3) is 11.6 Å². The van der Waals surface area contributed by atoms with Crippen LogP contribution in [-0.4, -0.2) is 29.8 Å². The number of nitrogens with zero attached hydrogens (tertiary/aromatic N) is 2. The lowest BCUT2D eigenvalue weighted by molar-refractivity contribution is -0.384. The van der Waals surface area contributed by atoms with E-state index in [2.05, 4.69) is 10.5 Å². The Balaban J connectivity index is 1.43. The third kappa shape index (κ3) is 3.61. The molecule has 3 aromatic rings. The lowest BCUT2D eigenvalue weighted by Gasteiger charge is -2.25. The van der Waals surface area contributed by atoms with E-state index in [0.717, 1.165) is 10.8 Å². The first-order valence-corrected chi connectivity index (χ1v) is 8.50. The zero-order valence-electron chi connectivity index (χ0n) is 14.6. The fourth-order valence-corrected chi connectivity index (χ4v) is 2.85. The number of rotatable bonds is 4. The highest BCUT2D eigenvalue weighted by Gasteiger charge is 2.27. The summed E-state index contributed by atoms with van der Waals surface area (Å²) in [5.41, 5.74) is 2.81. The summed E-state index contributed by atoms with van der Waals surface area (Å²) in [6, 6.07) is 17.4. The molecule has 0 fully saturated rings. The van der Waals surface area contributed by atoms with Crippen LogP contribution in [0.5, 0.6) is 11.5 Å². The molecule has 0 aromatic heterocycles. The number of benzene rings is 3. The van der Waals surface area contributed by atoms with Gasteiger partial charge in [0.15, 0.2) is 11.5 Å². The van der Waals surface area contributed by atoms with Crippen LogP contribution in [0, 0.1) is 10.1 Å². The van der Waals surface area contributed by atoms with Gasteiger partial charge < -0.3 is 9.47 Å². The van der Waals surface area contributed by atoms with E-state index in [4.69, 9.17) is 9.47 Å². The maximum absolute atomic E-state index is 12.3. The van der Waals surface area contributed by atoms with Crippen LogP contribution in [0.1, 0.15) is 5.56 Å². The average Bonchev–Trinajstić information content (AvgIpc) is 2.72. The molecule has 0 spiro atoms. The minimum absolute atomic E-state index is 0.0527. The van der Waals surface area contributed by atoms with Crippen molar-refractivity contribution in [2.45, 2.75) is 6.10 Å². The number of amides is 1. The summed E-state index contributed by atoms with van der Waals surface area (Å²) in [6.45, 7) is 0.0590. The van der Waals surface area contributed by atoms with E-state index >= 15 is 0 Å². The van der Waals surface area contributed by atoms with Gasteiger partial charge in [-0.05, 0) is 22.9 Å². The van der Waals surface area contributed by atoms with E-state index in [1.165, 1.54) is 18.3 Å². The van der Waals surface area contributed by atoms with E-state index in [9.17, 15) is 14.9 Å². The zero-order chi connectivity index (χ0) is 19.5. The number of carbonyl (C=O) groups excluding carboxylic acids is 1. The highest BCUT2D eigenvalue weighted by atomic mass is 16.6. The molecule has 28 heavy (non-hydrogen) atoms. The summed E-state index contributed by atoms with van der Waals surface area (Å²) < 4.78 is 11.4. The van der Waals surface area contributed by atoms with Crippen molar-refractivity contribution in [1.29, 1.82) is 0 Å². The molecule has 0 saturated carbocycles. The van der Waals surface area contributed by atoms with Crippen LogP contribution in [0.4, 0.5) is 5.69 Å². The van der Waals surface area contributed by atoms with Crippen molar-refractivity contribution in [3.8, 4) is 11.5 Å². The van der Waals surface area contributed by atoms with Crippen molar-refractivity contribution in [3.05, 3.63) is 76.3 Å². The number of nitro groups is 1. The van der Waals surface area contributed by atoms with Crippen molar-refractivity contribution >= 4 is 28.6 Å². The Hall–Kier alpha value is -3.94. The van der Waals surface area contributed by atoms with Crippen molar-refractivity contribution in [3.63, 3.8) is 0 Å². The molecule has 1 atom stereocenters. The molecule has 8 nitrogen and oxygen atoms in total. The van der Waals surface area contributed by atoms with Crippen molar-refractivity contribution < 1.29 is 19.2 Å². The molecule has 0 saturated heterocycles. The second-order valence-electron chi connectivity index (χ2n) is 6.15. The highest BCUT2D eigenvalue weighted by Crippen LogP contribution is 2.35. The first kappa shape index (κ1) is 17.5.